The van der Waals surface area contributed by atoms with Gasteiger partial charge in [0, 0.05) is 17.8 Å². The van der Waals surface area contributed by atoms with Crippen LogP contribution in [0, 0.1) is 13.8 Å². The Morgan fingerprint density at radius 1 is 1.24 bits per heavy atom. The lowest BCUT2D eigenvalue weighted by molar-refractivity contribution is -0.122. The summed E-state index contributed by atoms with van der Waals surface area (Å²) < 4.78 is 5.69. The molecule has 21 heavy (non-hydrogen) atoms. The van der Waals surface area contributed by atoms with Crippen molar-refractivity contribution in [3.05, 3.63) is 53.1 Å². The van der Waals surface area contributed by atoms with E-state index in [0.717, 1.165) is 28.1 Å². The third kappa shape index (κ3) is 2.57. The van der Waals surface area contributed by atoms with Gasteiger partial charge in [-0.3, -0.25) is 4.79 Å². The minimum Gasteiger partial charge on any atom is -0.480 e. The summed E-state index contributed by atoms with van der Waals surface area (Å²) in [5.41, 5.74) is 10.4. The van der Waals surface area contributed by atoms with Crippen LogP contribution in [0.25, 0.3) is 0 Å². The Hall–Kier alpha value is -2.49. The van der Waals surface area contributed by atoms with Crippen molar-refractivity contribution in [3.8, 4) is 5.75 Å². The molecule has 0 saturated heterocycles. The quantitative estimate of drug-likeness (QED) is 0.832. The van der Waals surface area contributed by atoms with Crippen LogP contribution in [0.3, 0.4) is 0 Å². The second kappa shape index (κ2) is 5.13. The van der Waals surface area contributed by atoms with Gasteiger partial charge in [0.15, 0.2) is 6.10 Å². The number of para-hydroxylation sites is 1. The molecular formula is C17H18N2O2. The second-order valence-corrected chi connectivity index (χ2v) is 5.43. The minimum atomic E-state index is -0.482. The number of rotatable bonds is 2. The number of fused-ring (bicyclic) bond motifs is 1. The second-order valence-electron chi connectivity index (χ2n) is 5.43. The third-order valence-electron chi connectivity index (χ3n) is 3.81. The Kier molecular flexibility index (Phi) is 3.29. The van der Waals surface area contributed by atoms with Gasteiger partial charge in [-0.1, -0.05) is 24.3 Å². The molecule has 1 heterocycles. The Morgan fingerprint density at radius 3 is 2.76 bits per heavy atom. The summed E-state index contributed by atoms with van der Waals surface area (Å²) in [6.45, 7) is 3.90. The van der Waals surface area contributed by atoms with Crippen LogP contribution < -0.4 is 15.8 Å². The van der Waals surface area contributed by atoms with Crippen molar-refractivity contribution in [1.29, 1.82) is 0 Å². The van der Waals surface area contributed by atoms with Crippen LogP contribution in [-0.2, 0) is 11.2 Å². The number of nitrogens with one attached hydrogen (secondary N) is 1. The number of carbonyl (C=O) groups excluding carboxylic acids is 1. The summed E-state index contributed by atoms with van der Waals surface area (Å²) in [4.78, 5) is 12.4. The molecule has 0 aromatic heterocycles. The first-order valence-electron chi connectivity index (χ1n) is 6.97. The maximum Gasteiger partial charge on any atom is 0.265 e. The molecule has 0 bridgehead atoms. The zero-order valence-electron chi connectivity index (χ0n) is 12.1. The number of hydrogen-bond acceptors (Lipinski definition) is 3. The topological polar surface area (TPSA) is 64.3 Å². The first-order chi connectivity index (χ1) is 10.0. The van der Waals surface area contributed by atoms with Crippen molar-refractivity contribution in [1.82, 2.24) is 0 Å². The van der Waals surface area contributed by atoms with Crippen LogP contribution in [0.5, 0.6) is 5.75 Å². The first kappa shape index (κ1) is 13.5. The van der Waals surface area contributed by atoms with E-state index < -0.39 is 6.10 Å². The van der Waals surface area contributed by atoms with Gasteiger partial charge in [-0.15, -0.1) is 0 Å². The molecule has 0 spiro atoms. The molecule has 3 rings (SSSR count). The molecule has 4 nitrogen and oxygen atoms in total. The Labute approximate surface area is 123 Å². The van der Waals surface area contributed by atoms with Gasteiger partial charge in [0.1, 0.15) is 5.75 Å². The van der Waals surface area contributed by atoms with E-state index in [-0.39, 0.29) is 5.91 Å². The average Bonchev–Trinajstić information content (AvgIpc) is 2.88. The number of benzene rings is 2. The maximum absolute atomic E-state index is 12.4. The Morgan fingerprint density at radius 2 is 2.00 bits per heavy atom. The summed E-state index contributed by atoms with van der Waals surface area (Å²) in [6, 6.07) is 11.5. The van der Waals surface area contributed by atoms with Crippen LogP contribution >= 0.6 is 0 Å². The van der Waals surface area contributed by atoms with Crippen LogP contribution in [-0.4, -0.2) is 12.0 Å². The monoisotopic (exact) mass is 282 g/mol. The lowest BCUT2D eigenvalue weighted by Gasteiger charge is -2.14. The van der Waals surface area contributed by atoms with Gasteiger partial charge in [-0.2, -0.15) is 0 Å². The normalized spacial score (nSPS) is 16.2. The average molecular weight is 282 g/mol. The number of nitrogens with two attached hydrogens (primary N) is 1. The largest absolute Gasteiger partial charge is 0.480 e. The number of hydrogen-bond donors (Lipinski definition) is 2. The molecule has 1 amide bonds. The lowest BCUT2D eigenvalue weighted by Crippen LogP contribution is -2.31. The van der Waals surface area contributed by atoms with Crippen molar-refractivity contribution in [2.24, 2.45) is 0 Å². The van der Waals surface area contributed by atoms with E-state index in [1.807, 2.05) is 44.2 Å². The number of nitrogen functional groups attached to an aromatic ring is 1. The van der Waals surface area contributed by atoms with Gasteiger partial charge < -0.3 is 15.8 Å². The molecule has 0 aliphatic carbocycles. The summed E-state index contributed by atoms with van der Waals surface area (Å²) in [6.07, 6.45) is 0.117. The van der Waals surface area contributed by atoms with E-state index >= 15 is 0 Å². The van der Waals surface area contributed by atoms with Crippen molar-refractivity contribution < 1.29 is 9.53 Å². The fourth-order valence-electron chi connectivity index (χ4n) is 2.55. The van der Waals surface area contributed by atoms with Gasteiger partial charge in [-0.25, -0.2) is 0 Å². The molecule has 0 saturated carbocycles. The maximum atomic E-state index is 12.4. The molecule has 3 N–H and O–H groups in total. The Balaban J connectivity index is 1.75. The number of aryl methyl sites for hydroxylation is 2. The molecule has 0 radical (unpaired) electrons. The summed E-state index contributed by atoms with van der Waals surface area (Å²) in [5, 5.41) is 2.91. The zero-order chi connectivity index (χ0) is 15.0. The fourth-order valence-corrected chi connectivity index (χ4v) is 2.55. The third-order valence-corrected chi connectivity index (χ3v) is 3.81. The fraction of sp³-hybridized carbons (Fsp3) is 0.235. The van der Waals surface area contributed by atoms with Gasteiger partial charge in [0.25, 0.3) is 5.91 Å². The summed E-state index contributed by atoms with van der Waals surface area (Å²) in [7, 11) is 0. The zero-order valence-corrected chi connectivity index (χ0v) is 12.1. The van der Waals surface area contributed by atoms with E-state index in [0.29, 0.717) is 12.1 Å². The Bertz CT molecular complexity index is 685. The summed E-state index contributed by atoms with van der Waals surface area (Å²) in [5.74, 6) is 0.648. The molecule has 2 aromatic rings. The molecule has 1 unspecified atom stereocenters. The van der Waals surface area contributed by atoms with Crippen LogP contribution in [0.2, 0.25) is 0 Å². The standard InChI is InChI=1S/C17H18N2O2/c1-10-7-11(2)14(9-13(10)18)19-17(20)16-8-12-5-3-4-6-15(12)21-16/h3-7,9,16H,8,18H2,1-2H3,(H,19,20). The lowest BCUT2D eigenvalue weighted by atomic mass is 10.1. The summed E-state index contributed by atoms with van der Waals surface area (Å²) >= 11 is 0. The van der Waals surface area contributed by atoms with Crippen LogP contribution in [0.15, 0.2) is 36.4 Å². The first-order valence-corrected chi connectivity index (χ1v) is 6.97. The van der Waals surface area contributed by atoms with Gasteiger partial charge in [0.05, 0.1) is 0 Å². The number of amides is 1. The van der Waals surface area contributed by atoms with Crippen LogP contribution in [0.4, 0.5) is 11.4 Å². The molecule has 1 aliphatic heterocycles. The highest BCUT2D eigenvalue weighted by molar-refractivity contribution is 5.96. The number of ether oxygens (including phenoxy) is 1. The molecule has 108 valence electrons. The van der Waals surface area contributed by atoms with Crippen molar-refractivity contribution in [2.45, 2.75) is 26.4 Å². The highest BCUT2D eigenvalue weighted by Gasteiger charge is 2.29. The van der Waals surface area contributed by atoms with E-state index in [2.05, 4.69) is 5.32 Å². The van der Waals surface area contributed by atoms with E-state index in [1.54, 1.807) is 6.07 Å². The molecule has 1 aliphatic rings. The minimum absolute atomic E-state index is 0.141. The van der Waals surface area contributed by atoms with Gasteiger partial charge >= 0.3 is 0 Å². The van der Waals surface area contributed by atoms with E-state index in [1.165, 1.54) is 0 Å². The number of anilines is 2. The molecular weight excluding hydrogens is 264 g/mol. The van der Waals surface area contributed by atoms with Crippen molar-refractivity contribution in [2.75, 3.05) is 11.1 Å². The predicted octanol–water partition coefficient (Wildman–Crippen LogP) is 2.83. The van der Waals surface area contributed by atoms with Gasteiger partial charge in [0.2, 0.25) is 0 Å². The molecule has 1 atom stereocenters. The van der Waals surface area contributed by atoms with Crippen molar-refractivity contribution >= 4 is 17.3 Å². The van der Waals surface area contributed by atoms with Crippen LogP contribution in [0.1, 0.15) is 16.7 Å². The molecule has 4 heteroatoms. The highest BCUT2D eigenvalue weighted by Crippen LogP contribution is 2.29. The number of carbonyl (C=O) groups is 1. The molecule has 2 aromatic carbocycles. The molecule has 0 fully saturated rings. The van der Waals surface area contributed by atoms with E-state index in [9.17, 15) is 4.79 Å². The predicted molar refractivity (Wildman–Crippen MR) is 83.5 cm³/mol. The van der Waals surface area contributed by atoms with E-state index in [4.69, 9.17) is 10.5 Å². The van der Waals surface area contributed by atoms with Gasteiger partial charge in [-0.05, 0) is 42.7 Å². The SMILES string of the molecule is Cc1cc(C)c(NC(=O)C2Cc3ccccc3O2)cc1N. The van der Waals surface area contributed by atoms with Crippen molar-refractivity contribution in [3.63, 3.8) is 0 Å². The smallest absolute Gasteiger partial charge is 0.265 e. The highest BCUT2D eigenvalue weighted by atomic mass is 16.5.